The van der Waals surface area contributed by atoms with Crippen molar-refractivity contribution >= 4 is 21.6 Å². The molecule has 0 atom stereocenters. The van der Waals surface area contributed by atoms with Gasteiger partial charge in [-0.2, -0.15) is 0 Å². The Balaban J connectivity index is 2.01. The molecule has 1 aliphatic rings. The summed E-state index contributed by atoms with van der Waals surface area (Å²) in [6.07, 6.45) is 1.16. The number of β-amino-alcohol motifs (C(OH)–C–C–N with tert-alkyl or cyclic N) is 1. The van der Waals surface area contributed by atoms with Crippen LogP contribution in [0.25, 0.3) is 0 Å². The first kappa shape index (κ1) is 16.7. The van der Waals surface area contributed by atoms with Gasteiger partial charge in [0.1, 0.15) is 0 Å². The number of benzene rings is 1. The summed E-state index contributed by atoms with van der Waals surface area (Å²) >= 11 is 3.58. The van der Waals surface area contributed by atoms with Gasteiger partial charge in [-0.05, 0) is 36.7 Å². The van der Waals surface area contributed by atoms with Crippen molar-refractivity contribution in [3.8, 4) is 0 Å². The predicted molar refractivity (Wildman–Crippen MR) is 91.9 cm³/mol. The minimum absolute atomic E-state index is 0.254. The topological polar surface area (TPSA) is 38.7 Å². The van der Waals surface area contributed by atoms with Gasteiger partial charge in [-0.1, -0.05) is 22.9 Å². The van der Waals surface area contributed by atoms with Gasteiger partial charge in [0.25, 0.3) is 0 Å². The molecule has 4 nitrogen and oxygen atoms in total. The third-order valence-electron chi connectivity index (χ3n) is 3.91. The fourth-order valence-corrected chi connectivity index (χ4v) is 3.17. The minimum atomic E-state index is 0.254. The van der Waals surface area contributed by atoms with Crippen LogP contribution in [0.5, 0.6) is 0 Å². The molecule has 0 amide bonds. The quantitative estimate of drug-likeness (QED) is 0.734. The second-order valence-corrected chi connectivity index (χ2v) is 6.42. The smallest absolute Gasteiger partial charge is 0.0558 e. The lowest BCUT2D eigenvalue weighted by Gasteiger charge is -2.36. The molecule has 5 heteroatoms. The standard InChI is InChI=1S/C16H26BrN3O/c1-2-5-18-13-14-12-15(17)3-4-16(14)20-8-6-19(7-9-20)10-11-21/h3-4,12,18,21H,2,5-11,13H2,1H3. The van der Waals surface area contributed by atoms with Crippen molar-refractivity contribution in [1.82, 2.24) is 10.2 Å². The van der Waals surface area contributed by atoms with Crippen LogP contribution in [-0.4, -0.2) is 55.9 Å². The molecule has 2 N–H and O–H groups in total. The molecule has 1 saturated heterocycles. The highest BCUT2D eigenvalue weighted by Crippen LogP contribution is 2.25. The number of anilines is 1. The molecule has 1 aromatic rings. The molecule has 0 radical (unpaired) electrons. The molecule has 1 fully saturated rings. The van der Waals surface area contributed by atoms with Gasteiger partial charge in [0.2, 0.25) is 0 Å². The van der Waals surface area contributed by atoms with E-state index in [2.05, 4.69) is 56.2 Å². The second-order valence-electron chi connectivity index (χ2n) is 5.50. The molecular weight excluding hydrogens is 330 g/mol. The fraction of sp³-hybridized carbons (Fsp3) is 0.625. The summed E-state index contributed by atoms with van der Waals surface area (Å²) in [4.78, 5) is 4.79. The van der Waals surface area contributed by atoms with Gasteiger partial charge in [0.15, 0.2) is 0 Å². The van der Waals surface area contributed by atoms with Gasteiger partial charge < -0.3 is 15.3 Å². The number of piperazine rings is 1. The lowest BCUT2D eigenvalue weighted by molar-refractivity contribution is 0.188. The van der Waals surface area contributed by atoms with E-state index in [1.165, 1.54) is 11.3 Å². The molecule has 1 aliphatic heterocycles. The Morgan fingerprint density at radius 3 is 2.67 bits per heavy atom. The van der Waals surface area contributed by atoms with Crippen molar-refractivity contribution in [2.24, 2.45) is 0 Å². The summed E-state index contributed by atoms with van der Waals surface area (Å²) in [5, 5.41) is 12.5. The van der Waals surface area contributed by atoms with Crippen LogP contribution in [0.3, 0.4) is 0 Å². The van der Waals surface area contributed by atoms with E-state index >= 15 is 0 Å². The van der Waals surface area contributed by atoms with Crippen molar-refractivity contribution in [2.45, 2.75) is 19.9 Å². The first-order valence-electron chi connectivity index (χ1n) is 7.82. The van der Waals surface area contributed by atoms with E-state index in [9.17, 15) is 0 Å². The van der Waals surface area contributed by atoms with Crippen LogP contribution in [-0.2, 0) is 6.54 Å². The normalized spacial score (nSPS) is 16.4. The number of nitrogens with zero attached hydrogens (tertiary/aromatic N) is 2. The summed E-state index contributed by atoms with van der Waals surface area (Å²) in [6, 6.07) is 6.56. The van der Waals surface area contributed by atoms with Gasteiger partial charge in [0.05, 0.1) is 6.61 Å². The third-order valence-corrected chi connectivity index (χ3v) is 4.41. The molecule has 0 aromatic heterocycles. The highest BCUT2D eigenvalue weighted by atomic mass is 79.9. The number of aliphatic hydroxyl groups excluding tert-OH is 1. The number of rotatable bonds is 7. The number of aliphatic hydroxyl groups is 1. The third kappa shape index (κ3) is 4.95. The van der Waals surface area contributed by atoms with E-state index in [1.54, 1.807) is 0 Å². The molecule has 21 heavy (non-hydrogen) atoms. The average Bonchev–Trinajstić information content (AvgIpc) is 2.49. The van der Waals surface area contributed by atoms with Gasteiger partial charge in [-0.15, -0.1) is 0 Å². The Bertz CT molecular complexity index is 434. The maximum absolute atomic E-state index is 9.03. The molecule has 1 heterocycles. The van der Waals surface area contributed by atoms with Crippen LogP contribution in [0.4, 0.5) is 5.69 Å². The van der Waals surface area contributed by atoms with Crippen LogP contribution in [0, 0.1) is 0 Å². The minimum Gasteiger partial charge on any atom is -0.395 e. The summed E-state index contributed by atoms with van der Waals surface area (Å²) in [7, 11) is 0. The number of nitrogens with one attached hydrogen (secondary N) is 1. The Labute approximate surface area is 136 Å². The summed E-state index contributed by atoms with van der Waals surface area (Å²) in [5.74, 6) is 0. The van der Waals surface area contributed by atoms with Gasteiger partial charge >= 0.3 is 0 Å². The number of halogens is 1. The maximum Gasteiger partial charge on any atom is 0.0558 e. The van der Waals surface area contributed by atoms with Crippen molar-refractivity contribution in [3.63, 3.8) is 0 Å². The van der Waals surface area contributed by atoms with E-state index in [4.69, 9.17) is 5.11 Å². The van der Waals surface area contributed by atoms with Crippen LogP contribution >= 0.6 is 15.9 Å². The molecule has 0 unspecified atom stereocenters. The Kier molecular flexibility index (Phi) is 6.96. The highest BCUT2D eigenvalue weighted by molar-refractivity contribution is 9.10. The van der Waals surface area contributed by atoms with Crippen molar-refractivity contribution in [2.75, 3.05) is 50.8 Å². The molecule has 0 bridgehead atoms. The second kappa shape index (κ2) is 8.73. The van der Waals surface area contributed by atoms with E-state index < -0.39 is 0 Å². The number of hydrogen-bond acceptors (Lipinski definition) is 4. The molecule has 0 aliphatic carbocycles. The first-order chi connectivity index (χ1) is 10.2. The average molecular weight is 356 g/mol. The Hall–Kier alpha value is -0.620. The molecule has 2 rings (SSSR count). The van der Waals surface area contributed by atoms with Crippen molar-refractivity contribution in [3.05, 3.63) is 28.2 Å². The SMILES string of the molecule is CCCNCc1cc(Br)ccc1N1CCN(CCO)CC1. The zero-order valence-corrected chi connectivity index (χ0v) is 14.4. The first-order valence-corrected chi connectivity index (χ1v) is 8.61. The zero-order valence-electron chi connectivity index (χ0n) is 12.8. The van der Waals surface area contributed by atoms with Gasteiger partial charge in [-0.25, -0.2) is 0 Å². The Morgan fingerprint density at radius 2 is 2.00 bits per heavy atom. The van der Waals surface area contributed by atoms with Gasteiger partial charge in [0, 0.05) is 49.4 Å². The highest BCUT2D eigenvalue weighted by Gasteiger charge is 2.18. The van der Waals surface area contributed by atoms with E-state index in [0.29, 0.717) is 0 Å². The zero-order chi connectivity index (χ0) is 15.1. The molecule has 0 spiro atoms. The number of hydrogen-bond donors (Lipinski definition) is 2. The van der Waals surface area contributed by atoms with E-state index in [-0.39, 0.29) is 6.61 Å². The predicted octanol–water partition coefficient (Wildman–Crippen LogP) is 2.06. The van der Waals surface area contributed by atoms with E-state index in [0.717, 1.165) is 56.7 Å². The fourth-order valence-electron chi connectivity index (χ4n) is 2.76. The Morgan fingerprint density at radius 1 is 1.24 bits per heavy atom. The lowest BCUT2D eigenvalue weighted by Crippen LogP contribution is -2.47. The maximum atomic E-state index is 9.03. The lowest BCUT2D eigenvalue weighted by atomic mass is 10.1. The van der Waals surface area contributed by atoms with E-state index in [1.807, 2.05) is 0 Å². The van der Waals surface area contributed by atoms with Crippen molar-refractivity contribution in [1.29, 1.82) is 0 Å². The molecular formula is C16H26BrN3O. The van der Waals surface area contributed by atoms with Crippen molar-refractivity contribution < 1.29 is 5.11 Å². The monoisotopic (exact) mass is 355 g/mol. The molecule has 1 aromatic carbocycles. The summed E-state index contributed by atoms with van der Waals surface area (Å²) in [6.45, 7) is 9.32. The van der Waals surface area contributed by atoms with Crippen LogP contribution < -0.4 is 10.2 Å². The van der Waals surface area contributed by atoms with Crippen LogP contribution in [0.1, 0.15) is 18.9 Å². The van der Waals surface area contributed by atoms with Crippen LogP contribution in [0.15, 0.2) is 22.7 Å². The summed E-state index contributed by atoms with van der Waals surface area (Å²) in [5.41, 5.74) is 2.69. The molecule has 0 saturated carbocycles. The largest absolute Gasteiger partial charge is 0.395 e. The summed E-state index contributed by atoms with van der Waals surface area (Å²) < 4.78 is 1.14. The molecule has 118 valence electrons. The van der Waals surface area contributed by atoms with Crippen LogP contribution in [0.2, 0.25) is 0 Å². The van der Waals surface area contributed by atoms with Gasteiger partial charge in [-0.3, -0.25) is 4.90 Å².